The van der Waals surface area contributed by atoms with Crippen molar-refractivity contribution in [1.29, 1.82) is 0 Å². The summed E-state index contributed by atoms with van der Waals surface area (Å²) >= 11 is 5.89. The van der Waals surface area contributed by atoms with Crippen LogP contribution >= 0.6 is 11.6 Å². The van der Waals surface area contributed by atoms with Crippen molar-refractivity contribution in [2.24, 2.45) is 0 Å². The fourth-order valence-corrected chi connectivity index (χ4v) is 3.00. The maximum absolute atomic E-state index is 13.3. The lowest BCUT2D eigenvalue weighted by atomic mass is 10.1. The third-order valence-electron chi connectivity index (χ3n) is 4.36. The molecule has 2 aromatic carbocycles. The largest absolute Gasteiger partial charge is 0.347 e. The molecule has 1 amide bonds. The fraction of sp³-hybridized carbons (Fsp3) is 0.0455. The highest BCUT2D eigenvalue weighted by Gasteiger charge is 2.17. The van der Waals surface area contributed by atoms with Crippen LogP contribution in [0.5, 0.6) is 0 Å². The molecule has 4 aromatic rings. The number of halogens is 2. The Morgan fingerprint density at radius 3 is 2.38 bits per heavy atom. The van der Waals surface area contributed by atoms with Gasteiger partial charge in [0.2, 0.25) is 0 Å². The molecular weight excluding hydrogens is 391 g/mol. The minimum atomic E-state index is -0.340. The van der Waals surface area contributed by atoms with Crippen molar-refractivity contribution in [1.82, 2.24) is 20.1 Å². The quantitative estimate of drug-likeness (QED) is 0.524. The first-order valence-corrected chi connectivity index (χ1v) is 9.27. The normalized spacial score (nSPS) is 10.7. The van der Waals surface area contributed by atoms with Crippen molar-refractivity contribution < 1.29 is 9.18 Å². The van der Waals surface area contributed by atoms with Gasteiger partial charge in [-0.05, 0) is 60.2 Å². The van der Waals surface area contributed by atoms with E-state index in [1.165, 1.54) is 12.1 Å². The molecule has 0 fully saturated rings. The summed E-state index contributed by atoms with van der Waals surface area (Å²) in [7, 11) is 0. The Morgan fingerprint density at radius 2 is 1.69 bits per heavy atom. The van der Waals surface area contributed by atoms with Crippen molar-refractivity contribution in [3.63, 3.8) is 0 Å². The van der Waals surface area contributed by atoms with Gasteiger partial charge in [0.15, 0.2) is 5.69 Å². The second-order valence-corrected chi connectivity index (χ2v) is 6.78. The average molecular weight is 407 g/mol. The SMILES string of the molecule is O=C(NCc1ccc(Cl)cc1)c1cc(-c2ccncc2)n(-c2ccc(F)cc2)n1. The van der Waals surface area contributed by atoms with Crippen LogP contribution in [0.15, 0.2) is 79.1 Å². The van der Waals surface area contributed by atoms with Crippen molar-refractivity contribution in [2.75, 3.05) is 0 Å². The number of hydrogen-bond acceptors (Lipinski definition) is 3. The summed E-state index contributed by atoms with van der Waals surface area (Å²) in [5, 5.41) is 7.95. The summed E-state index contributed by atoms with van der Waals surface area (Å²) in [6.45, 7) is 0.351. The molecule has 0 aliphatic heterocycles. The van der Waals surface area contributed by atoms with Crippen molar-refractivity contribution in [2.45, 2.75) is 6.54 Å². The second kappa shape index (κ2) is 8.24. The van der Waals surface area contributed by atoms with E-state index in [9.17, 15) is 9.18 Å². The van der Waals surface area contributed by atoms with E-state index >= 15 is 0 Å². The smallest absolute Gasteiger partial charge is 0.272 e. The third-order valence-corrected chi connectivity index (χ3v) is 4.61. The van der Waals surface area contributed by atoms with Crippen LogP contribution in [0.1, 0.15) is 16.1 Å². The number of benzene rings is 2. The Balaban J connectivity index is 1.64. The molecule has 0 bridgehead atoms. The first-order chi connectivity index (χ1) is 14.1. The number of carbonyl (C=O) groups is 1. The van der Waals surface area contributed by atoms with Gasteiger partial charge in [-0.3, -0.25) is 9.78 Å². The van der Waals surface area contributed by atoms with Gasteiger partial charge in [-0.15, -0.1) is 0 Å². The van der Waals surface area contributed by atoms with Gasteiger partial charge in [-0.1, -0.05) is 23.7 Å². The molecule has 144 valence electrons. The van der Waals surface area contributed by atoms with Gasteiger partial charge in [-0.25, -0.2) is 9.07 Å². The Kier molecular flexibility index (Phi) is 5.35. The molecule has 4 rings (SSSR count). The first kappa shape index (κ1) is 18.8. The minimum absolute atomic E-state index is 0.259. The average Bonchev–Trinajstić information content (AvgIpc) is 3.20. The van der Waals surface area contributed by atoms with E-state index in [4.69, 9.17) is 11.6 Å². The minimum Gasteiger partial charge on any atom is -0.347 e. The summed E-state index contributed by atoms with van der Waals surface area (Å²) in [5.41, 5.74) is 3.38. The summed E-state index contributed by atoms with van der Waals surface area (Å²) < 4.78 is 15.0. The first-order valence-electron chi connectivity index (χ1n) is 8.89. The van der Waals surface area contributed by atoms with Gasteiger partial charge in [-0.2, -0.15) is 5.10 Å². The molecule has 0 unspecified atom stereocenters. The van der Waals surface area contributed by atoms with E-state index in [2.05, 4.69) is 15.4 Å². The number of carbonyl (C=O) groups excluding carboxylic acids is 1. The molecule has 0 atom stereocenters. The predicted molar refractivity (Wildman–Crippen MR) is 109 cm³/mol. The lowest BCUT2D eigenvalue weighted by molar-refractivity contribution is 0.0945. The zero-order chi connectivity index (χ0) is 20.2. The summed E-state index contributed by atoms with van der Waals surface area (Å²) in [5.74, 6) is -0.650. The van der Waals surface area contributed by atoms with Crippen LogP contribution in [0.4, 0.5) is 4.39 Å². The topological polar surface area (TPSA) is 59.8 Å². The predicted octanol–water partition coefficient (Wildman–Crippen LogP) is 4.66. The third kappa shape index (κ3) is 4.33. The maximum Gasteiger partial charge on any atom is 0.272 e. The Hall–Kier alpha value is -3.51. The number of nitrogens with one attached hydrogen (secondary N) is 1. The van der Waals surface area contributed by atoms with E-state index < -0.39 is 0 Å². The van der Waals surface area contributed by atoms with Gasteiger partial charge in [0.25, 0.3) is 5.91 Å². The fourth-order valence-electron chi connectivity index (χ4n) is 2.87. The number of pyridine rings is 1. The van der Waals surface area contributed by atoms with Crippen molar-refractivity contribution >= 4 is 17.5 Å². The summed E-state index contributed by atoms with van der Waals surface area (Å²) in [4.78, 5) is 16.7. The summed E-state index contributed by atoms with van der Waals surface area (Å²) in [6, 6.07) is 18.5. The molecule has 0 saturated heterocycles. The Labute approximate surface area is 171 Å². The van der Waals surface area contributed by atoms with Crippen LogP contribution in [0.2, 0.25) is 5.02 Å². The molecule has 2 heterocycles. The molecule has 0 spiro atoms. The lowest BCUT2D eigenvalue weighted by Crippen LogP contribution is -2.23. The highest BCUT2D eigenvalue weighted by Crippen LogP contribution is 2.24. The molecule has 0 aliphatic carbocycles. The molecule has 7 heteroatoms. The second-order valence-electron chi connectivity index (χ2n) is 6.35. The van der Waals surface area contributed by atoms with E-state index in [1.54, 1.807) is 47.4 Å². The number of nitrogens with zero attached hydrogens (tertiary/aromatic N) is 3. The van der Waals surface area contributed by atoms with Gasteiger partial charge in [0, 0.05) is 29.5 Å². The highest BCUT2D eigenvalue weighted by molar-refractivity contribution is 6.30. The molecular formula is C22H16ClFN4O. The standard InChI is InChI=1S/C22H16ClFN4O/c23-17-3-1-15(2-4-17)14-26-22(29)20-13-21(16-9-11-25-12-10-16)28(27-20)19-7-5-18(24)6-8-19/h1-13H,14H2,(H,26,29). The molecule has 0 saturated carbocycles. The number of rotatable bonds is 5. The van der Waals surface area contributed by atoms with Gasteiger partial charge >= 0.3 is 0 Å². The Bertz CT molecular complexity index is 1130. The number of amides is 1. The molecule has 2 aromatic heterocycles. The Morgan fingerprint density at radius 1 is 1.00 bits per heavy atom. The van der Waals surface area contributed by atoms with Crippen LogP contribution in [-0.2, 0) is 6.54 Å². The lowest BCUT2D eigenvalue weighted by Gasteiger charge is -2.07. The molecule has 5 nitrogen and oxygen atoms in total. The van der Waals surface area contributed by atoms with Crippen LogP contribution in [-0.4, -0.2) is 20.7 Å². The van der Waals surface area contributed by atoms with Gasteiger partial charge in [0.05, 0.1) is 11.4 Å². The van der Waals surface area contributed by atoms with E-state index in [0.29, 0.717) is 22.9 Å². The molecule has 1 N–H and O–H groups in total. The molecule has 0 radical (unpaired) electrons. The van der Waals surface area contributed by atoms with E-state index in [-0.39, 0.29) is 17.4 Å². The van der Waals surface area contributed by atoms with E-state index in [1.807, 2.05) is 24.3 Å². The highest BCUT2D eigenvalue weighted by atomic mass is 35.5. The van der Waals surface area contributed by atoms with Crippen molar-refractivity contribution in [3.8, 4) is 16.9 Å². The molecule has 29 heavy (non-hydrogen) atoms. The van der Waals surface area contributed by atoms with Gasteiger partial charge in [0.1, 0.15) is 5.82 Å². The van der Waals surface area contributed by atoms with Gasteiger partial charge < -0.3 is 5.32 Å². The van der Waals surface area contributed by atoms with Crippen LogP contribution in [0.25, 0.3) is 16.9 Å². The zero-order valence-electron chi connectivity index (χ0n) is 15.2. The summed E-state index contributed by atoms with van der Waals surface area (Å²) in [6.07, 6.45) is 3.33. The van der Waals surface area contributed by atoms with Crippen LogP contribution in [0, 0.1) is 5.82 Å². The van der Waals surface area contributed by atoms with Crippen LogP contribution in [0.3, 0.4) is 0 Å². The number of aromatic nitrogens is 3. The zero-order valence-corrected chi connectivity index (χ0v) is 16.0. The maximum atomic E-state index is 13.3. The molecule has 0 aliphatic rings. The van der Waals surface area contributed by atoms with Crippen LogP contribution < -0.4 is 5.32 Å². The van der Waals surface area contributed by atoms with E-state index in [0.717, 1.165) is 11.1 Å². The number of hydrogen-bond donors (Lipinski definition) is 1. The van der Waals surface area contributed by atoms with Crippen molar-refractivity contribution in [3.05, 3.63) is 101 Å². The monoisotopic (exact) mass is 406 g/mol.